The van der Waals surface area contributed by atoms with E-state index in [1.807, 2.05) is 0 Å². The lowest BCUT2D eigenvalue weighted by Gasteiger charge is -2.44. The van der Waals surface area contributed by atoms with Crippen molar-refractivity contribution in [1.82, 2.24) is 4.90 Å². The van der Waals surface area contributed by atoms with Crippen LogP contribution in [0.15, 0.2) is 9.98 Å². The number of hydrogen-bond acceptors (Lipinski definition) is 3. The summed E-state index contributed by atoms with van der Waals surface area (Å²) in [5.74, 6) is 1.46. The van der Waals surface area contributed by atoms with E-state index < -0.39 is 0 Å². The minimum atomic E-state index is -0.0855. The van der Waals surface area contributed by atoms with Gasteiger partial charge in [0.1, 0.15) is 5.84 Å². The molecule has 0 N–H and O–H groups in total. The van der Waals surface area contributed by atoms with E-state index in [0.717, 1.165) is 13.1 Å². The summed E-state index contributed by atoms with van der Waals surface area (Å²) >= 11 is 0. The molecular formula is C21H41N3. The van der Waals surface area contributed by atoms with Gasteiger partial charge in [0.05, 0.1) is 18.0 Å². The summed E-state index contributed by atoms with van der Waals surface area (Å²) in [5.41, 5.74) is 1.36. The van der Waals surface area contributed by atoms with Crippen LogP contribution in [0.1, 0.15) is 83.1 Å². The van der Waals surface area contributed by atoms with Gasteiger partial charge in [-0.2, -0.15) is 0 Å². The average molecular weight is 336 g/mol. The summed E-state index contributed by atoms with van der Waals surface area (Å²) in [6, 6.07) is 0. The molecule has 0 saturated carbocycles. The Morgan fingerprint density at radius 2 is 1.42 bits per heavy atom. The van der Waals surface area contributed by atoms with E-state index >= 15 is 0 Å². The molecule has 0 radical (unpaired) electrons. The molecule has 1 atom stereocenters. The van der Waals surface area contributed by atoms with Crippen LogP contribution >= 0.6 is 0 Å². The first-order valence-corrected chi connectivity index (χ1v) is 9.37. The van der Waals surface area contributed by atoms with Crippen molar-refractivity contribution in [3.05, 3.63) is 0 Å². The molecule has 0 aromatic rings. The molecule has 1 aliphatic rings. The number of hydrogen-bond donors (Lipinski definition) is 0. The van der Waals surface area contributed by atoms with Crippen LogP contribution in [-0.2, 0) is 0 Å². The Morgan fingerprint density at radius 1 is 0.917 bits per heavy atom. The van der Waals surface area contributed by atoms with Gasteiger partial charge in [-0.05, 0) is 47.0 Å². The summed E-state index contributed by atoms with van der Waals surface area (Å²) < 4.78 is 0. The maximum absolute atomic E-state index is 5.22. The van der Waals surface area contributed by atoms with Crippen molar-refractivity contribution >= 4 is 11.5 Å². The molecule has 0 aromatic carbocycles. The molecular weight excluding hydrogens is 294 g/mol. The summed E-state index contributed by atoms with van der Waals surface area (Å²) in [6.07, 6.45) is 0. The lowest BCUT2D eigenvalue weighted by atomic mass is 9.69. The van der Waals surface area contributed by atoms with Crippen LogP contribution in [-0.4, -0.2) is 40.6 Å². The first-order valence-electron chi connectivity index (χ1n) is 9.37. The van der Waals surface area contributed by atoms with Crippen LogP contribution in [0.3, 0.4) is 0 Å². The predicted octanol–water partition coefficient (Wildman–Crippen LogP) is 5.45. The third-order valence-electron chi connectivity index (χ3n) is 4.31. The Labute approximate surface area is 151 Å². The van der Waals surface area contributed by atoms with E-state index in [4.69, 9.17) is 9.98 Å². The van der Waals surface area contributed by atoms with Gasteiger partial charge in [-0.3, -0.25) is 9.98 Å². The zero-order chi connectivity index (χ0) is 19.1. The van der Waals surface area contributed by atoms with Crippen molar-refractivity contribution in [2.45, 2.75) is 94.2 Å². The average Bonchev–Trinajstić information content (AvgIpc) is 2.71. The van der Waals surface area contributed by atoms with Crippen LogP contribution in [0, 0.1) is 16.7 Å². The molecule has 0 saturated heterocycles. The van der Waals surface area contributed by atoms with Crippen molar-refractivity contribution in [3.8, 4) is 0 Å². The van der Waals surface area contributed by atoms with E-state index in [9.17, 15) is 0 Å². The van der Waals surface area contributed by atoms with E-state index in [-0.39, 0.29) is 27.8 Å². The number of rotatable bonds is 2. The molecule has 3 heteroatoms. The second-order valence-electron chi connectivity index (χ2n) is 11.3. The lowest BCUT2D eigenvalue weighted by Crippen LogP contribution is -2.53. The Kier molecular flexibility index (Phi) is 5.70. The van der Waals surface area contributed by atoms with Crippen molar-refractivity contribution in [2.75, 3.05) is 13.1 Å². The first-order chi connectivity index (χ1) is 10.4. The molecule has 24 heavy (non-hydrogen) atoms. The standard InChI is InChI=1S/C21H41N3/c1-18(2,3)15(16(19(4,5)6)23-20(7,8)9)17-22-13-14-24(17)21(10,11)12/h15H,13-14H2,1-12H3. The lowest BCUT2D eigenvalue weighted by molar-refractivity contribution is 0.233. The van der Waals surface area contributed by atoms with Gasteiger partial charge in [0.2, 0.25) is 0 Å². The van der Waals surface area contributed by atoms with Gasteiger partial charge in [0.15, 0.2) is 0 Å². The zero-order valence-corrected chi connectivity index (χ0v) is 18.3. The molecule has 140 valence electrons. The Hall–Kier alpha value is -0.860. The van der Waals surface area contributed by atoms with Crippen LogP contribution < -0.4 is 0 Å². The fourth-order valence-electron chi connectivity index (χ4n) is 3.34. The normalized spacial score (nSPS) is 19.6. The summed E-state index contributed by atoms with van der Waals surface area (Å²) in [5, 5.41) is 0. The highest BCUT2D eigenvalue weighted by molar-refractivity contribution is 6.10. The zero-order valence-electron chi connectivity index (χ0n) is 18.3. The van der Waals surface area contributed by atoms with Crippen molar-refractivity contribution in [3.63, 3.8) is 0 Å². The van der Waals surface area contributed by atoms with Crippen LogP contribution in [0.4, 0.5) is 0 Å². The molecule has 0 spiro atoms. The minimum absolute atomic E-state index is 0.0138. The highest BCUT2D eigenvalue weighted by atomic mass is 15.3. The highest BCUT2D eigenvalue weighted by Gasteiger charge is 2.44. The largest absolute Gasteiger partial charge is 0.353 e. The maximum atomic E-state index is 5.22. The highest BCUT2D eigenvalue weighted by Crippen LogP contribution is 2.39. The number of amidine groups is 1. The van der Waals surface area contributed by atoms with Gasteiger partial charge >= 0.3 is 0 Å². The van der Waals surface area contributed by atoms with E-state index in [0.29, 0.717) is 0 Å². The molecule has 1 heterocycles. The summed E-state index contributed by atoms with van der Waals surface area (Å²) in [6.45, 7) is 29.2. The van der Waals surface area contributed by atoms with Crippen LogP contribution in [0.2, 0.25) is 0 Å². The molecule has 0 bridgehead atoms. The fraction of sp³-hybridized carbons (Fsp3) is 0.905. The van der Waals surface area contributed by atoms with Gasteiger partial charge < -0.3 is 4.90 Å². The molecule has 3 nitrogen and oxygen atoms in total. The van der Waals surface area contributed by atoms with E-state index in [1.54, 1.807) is 0 Å². The Morgan fingerprint density at radius 3 is 1.75 bits per heavy atom. The van der Waals surface area contributed by atoms with Gasteiger partial charge in [-0.25, -0.2) is 0 Å². The second kappa shape index (κ2) is 6.46. The van der Waals surface area contributed by atoms with Gasteiger partial charge in [0.25, 0.3) is 0 Å². The predicted molar refractivity (Wildman–Crippen MR) is 108 cm³/mol. The molecule has 1 unspecified atom stereocenters. The van der Waals surface area contributed by atoms with Gasteiger partial charge in [0, 0.05) is 23.2 Å². The molecule has 0 fully saturated rings. The fourth-order valence-corrected chi connectivity index (χ4v) is 3.34. The number of aliphatic imine (C=N–C) groups is 2. The second-order valence-corrected chi connectivity index (χ2v) is 11.3. The number of nitrogens with zero attached hydrogens (tertiary/aromatic N) is 3. The first kappa shape index (κ1) is 21.2. The topological polar surface area (TPSA) is 28.0 Å². The minimum Gasteiger partial charge on any atom is -0.353 e. The Balaban J connectivity index is 3.55. The third-order valence-corrected chi connectivity index (χ3v) is 4.31. The van der Waals surface area contributed by atoms with Crippen LogP contribution in [0.25, 0.3) is 0 Å². The monoisotopic (exact) mass is 335 g/mol. The summed E-state index contributed by atoms with van der Waals surface area (Å²) in [7, 11) is 0. The maximum Gasteiger partial charge on any atom is 0.109 e. The van der Waals surface area contributed by atoms with Crippen molar-refractivity contribution in [2.24, 2.45) is 26.7 Å². The van der Waals surface area contributed by atoms with Crippen LogP contribution in [0.5, 0.6) is 0 Å². The molecule has 1 rings (SSSR count). The van der Waals surface area contributed by atoms with E-state index in [2.05, 4.69) is 88.0 Å². The smallest absolute Gasteiger partial charge is 0.109 e. The van der Waals surface area contributed by atoms with E-state index in [1.165, 1.54) is 11.5 Å². The Bertz CT molecular complexity index is 499. The summed E-state index contributed by atoms with van der Waals surface area (Å²) in [4.78, 5) is 12.7. The molecule has 1 aliphatic heterocycles. The van der Waals surface area contributed by atoms with Gasteiger partial charge in [-0.1, -0.05) is 41.5 Å². The molecule has 0 aromatic heterocycles. The van der Waals surface area contributed by atoms with Crippen molar-refractivity contribution < 1.29 is 0 Å². The van der Waals surface area contributed by atoms with Gasteiger partial charge in [-0.15, -0.1) is 0 Å². The SMILES string of the molecule is CC(C)(C)N=C(C(C1=NCCN1C(C)(C)C)C(C)(C)C)C(C)(C)C. The molecule has 0 aliphatic carbocycles. The van der Waals surface area contributed by atoms with Crippen molar-refractivity contribution in [1.29, 1.82) is 0 Å². The quantitative estimate of drug-likeness (QED) is 0.617. The third kappa shape index (κ3) is 5.32. The molecule has 0 amide bonds.